The third-order valence-corrected chi connectivity index (χ3v) is 17.4. The Labute approximate surface area is 533 Å². The predicted octanol–water partition coefficient (Wildman–Crippen LogP) is 8.27. The average Bonchev–Trinajstić information content (AvgIpc) is 1.65. The molecule has 23 heteroatoms. The number of ether oxygens (including phenoxy) is 7. The van der Waals surface area contributed by atoms with Crippen LogP contribution in [0.5, 0.6) is 23.5 Å². The molecule has 1 aliphatic heterocycles. The maximum absolute atomic E-state index is 14.6. The van der Waals surface area contributed by atoms with Crippen molar-refractivity contribution >= 4 is 41.2 Å². The number of likely N-dealkylation sites (N-methyl/N-ethyl adjacent to an activating group) is 2. The second kappa shape index (κ2) is 35.0. The Morgan fingerprint density at radius 1 is 0.844 bits per heavy atom. The Bertz CT molecular complexity index is 2920. The van der Waals surface area contributed by atoms with Crippen LogP contribution in [0.1, 0.15) is 134 Å². The van der Waals surface area contributed by atoms with E-state index in [2.05, 4.69) is 76.0 Å². The lowest BCUT2D eigenvalue weighted by Gasteiger charge is -2.41. The summed E-state index contributed by atoms with van der Waals surface area (Å²) in [5.41, 5.74) is 4.66. The van der Waals surface area contributed by atoms with Crippen molar-refractivity contribution < 1.29 is 61.5 Å². The van der Waals surface area contributed by atoms with Gasteiger partial charge in [-0.15, -0.1) is 0 Å². The second-order valence-corrected chi connectivity index (χ2v) is 25.1. The van der Waals surface area contributed by atoms with Crippen molar-refractivity contribution in [3.8, 4) is 23.5 Å². The van der Waals surface area contributed by atoms with Crippen LogP contribution >= 0.6 is 0 Å². The minimum atomic E-state index is -0.836. The molecular formula is C67H102N10O13. The van der Waals surface area contributed by atoms with Crippen LogP contribution < -0.4 is 35.5 Å². The number of hydrogen-bond acceptors (Lipinski definition) is 18. The Kier molecular flexibility index (Phi) is 28.1. The summed E-state index contributed by atoms with van der Waals surface area (Å²) >= 11 is 0. The minimum absolute atomic E-state index is 0.00809. The van der Waals surface area contributed by atoms with Gasteiger partial charge in [-0.1, -0.05) is 80.9 Å². The standard InChI is InChI=1S/C67H102N10O13/c1-16-44(6)59(53(83-13)41-54(78)77-30-19-21-49(77)39-46(8)60(79)69-28-25-48-20-17-18-27-68-48)76(12)65(82)56(42(2)3)71-62(81)58(43(4)5)75(11)31-33-87-35-37-88-36-34-86-32-29-70-66-73-63(84-14)57(64(74-66)85-15)72-61(80)51-22-23-55(89-51)90-52-40-50-47(38-45(52)7)24-26-67(50,9)10/h17-18,20,22-23,27,38,40,42-44,46,49,53,56,58-59H,16,19,21,24-26,28-37,39,41H2,1-15H3,(H,69,79)(H,71,81)(H,72,80)(H,70,73,74)/t44-,46+,49-,53+,56-,58-,59-/m0/s1. The number of nitrogens with one attached hydrogen (secondary N) is 4. The van der Waals surface area contributed by atoms with E-state index in [-0.39, 0.29) is 100 Å². The maximum atomic E-state index is 14.6. The zero-order valence-electron chi connectivity index (χ0n) is 56.0. The fourth-order valence-corrected chi connectivity index (χ4v) is 12.0. The summed E-state index contributed by atoms with van der Waals surface area (Å²) in [7, 11) is 8.05. The van der Waals surface area contributed by atoms with Gasteiger partial charge in [-0.2, -0.15) is 9.97 Å². The van der Waals surface area contributed by atoms with E-state index in [1.807, 2.05) is 76.6 Å². The number of methoxy groups -OCH3 is 3. The van der Waals surface area contributed by atoms with Crippen molar-refractivity contribution in [1.82, 2.24) is 40.3 Å². The van der Waals surface area contributed by atoms with Crippen molar-refractivity contribution in [3.05, 3.63) is 76.8 Å². The molecule has 90 heavy (non-hydrogen) atoms. The van der Waals surface area contributed by atoms with E-state index in [0.717, 1.165) is 43.4 Å². The summed E-state index contributed by atoms with van der Waals surface area (Å²) in [5.74, 6) is -0.647. The van der Waals surface area contributed by atoms with E-state index in [1.54, 1.807) is 31.3 Å². The van der Waals surface area contributed by atoms with Crippen LogP contribution in [0, 0.1) is 30.6 Å². The number of fused-ring (bicyclic) bond motifs is 1. The number of carbonyl (C=O) groups is 5. The Morgan fingerprint density at radius 3 is 2.17 bits per heavy atom. The molecule has 1 fully saturated rings. The van der Waals surface area contributed by atoms with Gasteiger partial charge < -0.3 is 68.6 Å². The van der Waals surface area contributed by atoms with Crippen molar-refractivity contribution in [2.24, 2.45) is 23.7 Å². The average molecular weight is 1260 g/mol. The molecule has 0 saturated carbocycles. The lowest BCUT2D eigenvalue weighted by atomic mass is 9.86. The molecule has 7 atom stereocenters. The van der Waals surface area contributed by atoms with Crippen LogP contribution in [0.3, 0.4) is 0 Å². The molecule has 1 aliphatic carbocycles. The van der Waals surface area contributed by atoms with Gasteiger partial charge in [0, 0.05) is 76.7 Å². The summed E-state index contributed by atoms with van der Waals surface area (Å²) < 4.78 is 46.4. The fraction of sp³-hybridized carbons (Fsp3) is 0.642. The quantitative estimate of drug-likeness (QED) is 0.0308. The predicted molar refractivity (Wildman–Crippen MR) is 344 cm³/mol. The van der Waals surface area contributed by atoms with Crippen molar-refractivity contribution in [1.29, 1.82) is 0 Å². The van der Waals surface area contributed by atoms with E-state index in [4.69, 9.17) is 37.6 Å². The zero-order valence-corrected chi connectivity index (χ0v) is 56.0. The van der Waals surface area contributed by atoms with Gasteiger partial charge in [0.15, 0.2) is 11.4 Å². The van der Waals surface area contributed by atoms with Gasteiger partial charge in [0.25, 0.3) is 11.9 Å². The molecule has 5 amide bonds. The van der Waals surface area contributed by atoms with Crippen LogP contribution in [0.15, 0.2) is 53.1 Å². The summed E-state index contributed by atoms with van der Waals surface area (Å²) in [6.45, 7) is 24.2. The van der Waals surface area contributed by atoms with Crippen LogP contribution in [-0.4, -0.2) is 191 Å². The number of anilines is 2. The number of furan rings is 1. The molecule has 0 spiro atoms. The molecule has 3 aromatic heterocycles. The first-order valence-electron chi connectivity index (χ1n) is 32.0. The van der Waals surface area contributed by atoms with Crippen LogP contribution in [0.25, 0.3) is 0 Å². The highest BCUT2D eigenvalue weighted by molar-refractivity contribution is 6.04. The van der Waals surface area contributed by atoms with Crippen molar-refractivity contribution in [3.63, 3.8) is 0 Å². The first-order chi connectivity index (χ1) is 43.0. The van der Waals surface area contributed by atoms with Crippen molar-refractivity contribution in [2.45, 2.75) is 156 Å². The van der Waals surface area contributed by atoms with Gasteiger partial charge in [0.1, 0.15) is 11.8 Å². The fourth-order valence-electron chi connectivity index (χ4n) is 12.0. The number of rotatable bonds is 38. The third-order valence-electron chi connectivity index (χ3n) is 17.4. The first-order valence-corrected chi connectivity index (χ1v) is 32.0. The minimum Gasteiger partial charge on any atom is -0.479 e. The van der Waals surface area contributed by atoms with Crippen LogP contribution in [-0.2, 0) is 56.4 Å². The SMILES string of the molecule is CC[C@H](C)[C@@H]([C@@H](CC(=O)N1CCC[C@H]1C[C@@H](C)C(=O)NCCc1ccccn1)OC)N(C)C(=O)[C@@H](NC(=O)[C@H](C(C)C)N(C)CCOCCOCCOCCNc1nc(OC)c(NC(=O)c2ccc(Oc3cc4c(cc3C)CCC4(C)C)o2)c(OC)n1)C(C)C. The zero-order chi connectivity index (χ0) is 65.7. The smallest absolute Gasteiger partial charge is 0.291 e. The molecule has 0 bridgehead atoms. The Hall–Kier alpha value is -6.92. The molecule has 0 radical (unpaired) electrons. The van der Waals surface area contributed by atoms with Crippen LogP contribution in [0.2, 0.25) is 0 Å². The van der Waals surface area contributed by atoms with E-state index in [0.29, 0.717) is 84.4 Å². The highest BCUT2D eigenvalue weighted by atomic mass is 16.6. The molecule has 0 unspecified atom stereocenters. The molecule has 4 N–H and O–H groups in total. The Morgan fingerprint density at radius 2 is 1.53 bits per heavy atom. The summed E-state index contributed by atoms with van der Waals surface area (Å²) in [5, 5.41) is 12.0. The van der Waals surface area contributed by atoms with Gasteiger partial charge >= 0.3 is 0 Å². The number of hydrogen-bond donors (Lipinski definition) is 4. The number of benzene rings is 1. The monoisotopic (exact) mass is 1250 g/mol. The highest BCUT2D eigenvalue weighted by Gasteiger charge is 2.41. The second-order valence-electron chi connectivity index (χ2n) is 25.1. The topological polar surface area (TPSA) is 260 Å². The number of aryl methyl sites for hydroxylation is 2. The van der Waals surface area contributed by atoms with Gasteiger partial charge in [0.05, 0.1) is 78.5 Å². The third kappa shape index (κ3) is 20.0. The summed E-state index contributed by atoms with van der Waals surface area (Å²) in [4.78, 5) is 88.2. The molecule has 1 aromatic carbocycles. The highest BCUT2D eigenvalue weighted by Crippen LogP contribution is 2.42. The summed E-state index contributed by atoms with van der Waals surface area (Å²) in [6, 6.07) is 11.2. The van der Waals surface area contributed by atoms with Crippen LogP contribution in [0.4, 0.5) is 11.6 Å². The van der Waals surface area contributed by atoms with E-state index < -0.39 is 30.1 Å². The van der Waals surface area contributed by atoms with Gasteiger partial charge in [-0.05, 0) is 110 Å². The van der Waals surface area contributed by atoms with Crippen molar-refractivity contribution in [2.75, 3.05) is 112 Å². The van der Waals surface area contributed by atoms with Gasteiger partial charge in [0.2, 0.25) is 41.3 Å². The lowest BCUT2D eigenvalue weighted by molar-refractivity contribution is -0.146. The maximum Gasteiger partial charge on any atom is 0.291 e. The van der Waals surface area contributed by atoms with E-state index >= 15 is 0 Å². The normalized spacial score (nSPS) is 16.5. The number of carbonyl (C=O) groups excluding carboxylic acids is 5. The molecule has 498 valence electrons. The number of amides is 5. The molecule has 4 heterocycles. The molecule has 1 saturated heterocycles. The first kappa shape index (κ1) is 72.1. The van der Waals surface area contributed by atoms with Gasteiger partial charge in [-0.3, -0.25) is 33.9 Å². The lowest BCUT2D eigenvalue weighted by Crippen LogP contribution is -2.60. The Balaban J connectivity index is 0.885. The molecule has 2 aliphatic rings. The summed E-state index contributed by atoms with van der Waals surface area (Å²) in [6.07, 6.45) is 6.89. The number of pyridine rings is 1. The van der Waals surface area contributed by atoms with Gasteiger partial charge in [-0.25, -0.2) is 0 Å². The van der Waals surface area contributed by atoms with E-state index in [1.165, 1.54) is 31.4 Å². The van der Waals surface area contributed by atoms with E-state index in [9.17, 15) is 24.0 Å². The molecule has 6 rings (SSSR count). The number of aromatic nitrogens is 3. The number of likely N-dealkylation sites (tertiary alicyclic amines) is 1. The molecule has 4 aromatic rings. The molecule has 23 nitrogen and oxygen atoms in total. The molecular weight excluding hydrogens is 1150 g/mol. The largest absolute Gasteiger partial charge is 0.479 e. The number of nitrogens with zero attached hydrogens (tertiary/aromatic N) is 6.